The molecule has 1 aromatic heterocycles. The Kier molecular flexibility index (Phi) is 5.31. The number of aromatic nitrogens is 2. The Hall–Kier alpha value is -3.15. The number of hydrogen-bond donors (Lipinski definition) is 1. The van der Waals surface area contributed by atoms with Gasteiger partial charge in [0, 0.05) is 0 Å². The van der Waals surface area contributed by atoms with Crippen LogP contribution in [0.25, 0.3) is 5.69 Å². The fourth-order valence-electron chi connectivity index (χ4n) is 2.60. The molecule has 0 saturated heterocycles. The van der Waals surface area contributed by atoms with Gasteiger partial charge in [-0.1, -0.05) is 31.2 Å². The minimum Gasteiger partial charge on any atom is -0.491 e. The molecule has 0 unspecified atom stereocenters. The van der Waals surface area contributed by atoms with Crippen LogP contribution in [0.2, 0.25) is 0 Å². The van der Waals surface area contributed by atoms with Crippen molar-refractivity contribution in [2.45, 2.75) is 20.3 Å². The molecule has 1 amide bonds. The Balaban J connectivity index is 1.85. The fraction of sp³-hybridized carbons (Fsp3) is 0.200. The summed E-state index contributed by atoms with van der Waals surface area (Å²) in [4.78, 5) is 12.7. The van der Waals surface area contributed by atoms with Gasteiger partial charge in [0.05, 0.1) is 29.7 Å². The molecule has 0 aliphatic rings. The summed E-state index contributed by atoms with van der Waals surface area (Å²) >= 11 is 0. The van der Waals surface area contributed by atoms with Gasteiger partial charge in [-0.3, -0.25) is 4.79 Å². The number of para-hydroxylation sites is 3. The van der Waals surface area contributed by atoms with Crippen LogP contribution >= 0.6 is 0 Å². The Labute approximate surface area is 151 Å². The van der Waals surface area contributed by atoms with E-state index in [9.17, 15) is 9.18 Å². The number of amides is 1. The van der Waals surface area contributed by atoms with Gasteiger partial charge in [-0.05, 0) is 37.6 Å². The minimum atomic E-state index is -0.399. The molecule has 1 heterocycles. The highest BCUT2D eigenvalue weighted by molar-refractivity contribution is 6.05. The second-order valence-corrected chi connectivity index (χ2v) is 5.81. The zero-order chi connectivity index (χ0) is 18.5. The topological polar surface area (TPSA) is 56.1 Å². The summed E-state index contributed by atoms with van der Waals surface area (Å²) in [7, 11) is 0. The lowest BCUT2D eigenvalue weighted by Crippen LogP contribution is -2.14. The average Bonchev–Trinajstić information content (AvgIpc) is 3.03. The van der Waals surface area contributed by atoms with Gasteiger partial charge in [-0.25, -0.2) is 9.07 Å². The van der Waals surface area contributed by atoms with Crippen LogP contribution in [0, 0.1) is 12.7 Å². The largest absolute Gasteiger partial charge is 0.491 e. The Morgan fingerprint density at radius 3 is 2.69 bits per heavy atom. The first-order valence-corrected chi connectivity index (χ1v) is 8.44. The smallest absolute Gasteiger partial charge is 0.259 e. The number of halogens is 1. The molecule has 0 radical (unpaired) electrons. The van der Waals surface area contributed by atoms with Gasteiger partial charge in [-0.2, -0.15) is 5.10 Å². The van der Waals surface area contributed by atoms with E-state index in [0.29, 0.717) is 35.0 Å². The summed E-state index contributed by atoms with van der Waals surface area (Å²) in [5.41, 5.74) is 1.82. The Morgan fingerprint density at radius 1 is 1.19 bits per heavy atom. The highest BCUT2D eigenvalue weighted by atomic mass is 19.1. The van der Waals surface area contributed by atoms with Gasteiger partial charge in [0.25, 0.3) is 5.91 Å². The number of ether oxygens (including phenoxy) is 1. The number of benzene rings is 2. The van der Waals surface area contributed by atoms with Crippen molar-refractivity contribution in [1.29, 1.82) is 0 Å². The van der Waals surface area contributed by atoms with Crippen molar-refractivity contribution in [3.05, 3.63) is 71.8 Å². The molecule has 134 valence electrons. The van der Waals surface area contributed by atoms with E-state index in [1.807, 2.05) is 19.1 Å². The fourth-order valence-corrected chi connectivity index (χ4v) is 2.60. The van der Waals surface area contributed by atoms with E-state index in [2.05, 4.69) is 10.4 Å². The van der Waals surface area contributed by atoms with Gasteiger partial charge in [0.15, 0.2) is 0 Å². The van der Waals surface area contributed by atoms with E-state index < -0.39 is 5.82 Å². The van der Waals surface area contributed by atoms with Crippen molar-refractivity contribution in [3.8, 4) is 11.4 Å². The lowest BCUT2D eigenvalue weighted by atomic mass is 10.2. The maximum atomic E-state index is 14.0. The first-order chi connectivity index (χ1) is 12.6. The highest BCUT2D eigenvalue weighted by Gasteiger charge is 2.18. The molecule has 0 spiro atoms. The number of nitrogens with zero attached hydrogens (tertiary/aromatic N) is 2. The number of hydrogen-bond acceptors (Lipinski definition) is 3. The van der Waals surface area contributed by atoms with Crippen molar-refractivity contribution in [2.75, 3.05) is 11.9 Å². The molecule has 0 atom stereocenters. The molecule has 2 aromatic carbocycles. The number of nitrogens with one attached hydrogen (secondary N) is 1. The molecular formula is C20H20FN3O2. The van der Waals surface area contributed by atoms with E-state index in [-0.39, 0.29) is 5.91 Å². The van der Waals surface area contributed by atoms with Gasteiger partial charge in [0.1, 0.15) is 17.3 Å². The van der Waals surface area contributed by atoms with Crippen LogP contribution in [0.4, 0.5) is 10.1 Å². The van der Waals surface area contributed by atoms with E-state index in [1.54, 1.807) is 37.3 Å². The van der Waals surface area contributed by atoms with Gasteiger partial charge in [-0.15, -0.1) is 0 Å². The Morgan fingerprint density at radius 2 is 1.92 bits per heavy atom. The minimum absolute atomic E-state index is 0.302. The summed E-state index contributed by atoms with van der Waals surface area (Å²) in [5.74, 6) is -0.108. The third-order valence-electron chi connectivity index (χ3n) is 3.93. The van der Waals surface area contributed by atoms with Gasteiger partial charge < -0.3 is 10.1 Å². The van der Waals surface area contributed by atoms with Crippen molar-refractivity contribution >= 4 is 11.6 Å². The molecule has 3 rings (SSSR count). The molecule has 1 N–H and O–H groups in total. The summed E-state index contributed by atoms with van der Waals surface area (Å²) in [6.45, 7) is 4.31. The second kappa shape index (κ2) is 7.82. The molecule has 0 aliphatic carbocycles. The predicted molar refractivity (Wildman–Crippen MR) is 98.4 cm³/mol. The molecule has 3 aromatic rings. The molecule has 26 heavy (non-hydrogen) atoms. The van der Waals surface area contributed by atoms with Crippen LogP contribution in [0.1, 0.15) is 29.4 Å². The van der Waals surface area contributed by atoms with Crippen LogP contribution in [0.15, 0.2) is 54.7 Å². The molecule has 0 aliphatic heterocycles. The molecular weight excluding hydrogens is 333 g/mol. The van der Waals surface area contributed by atoms with Crippen molar-refractivity contribution in [1.82, 2.24) is 9.78 Å². The standard InChI is InChI=1S/C20H20FN3O2/c1-3-12-26-19-11-7-5-9-17(19)23-20(25)15-13-22-24(14(15)2)18-10-6-4-8-16(18)21/h4-11,13H,3,12H2,1-2H3,(H,23,25). The molecule has 5 nitrogen and oxygen atoms in total. The Bertz CT molecular complexity index is 921. The summed E-state index contributed by atoms with van der Waals surface area (Å²) in [6, 6.07) is 13.6. The summed E-state index contributed by atoms with van der Waals surface area (Å²) in [5, 5.41) is 7.01. The quantitative estimate of drug-likeness (QED) is 0.716. The lowest BCUT2D eigenvalue weighted by Gasteiger charge is -2.12. The van der Waals surface area contributed by atoms with Crippen LogP contribution in [-0.4, -0.2) is 22.3 Å². The van der Waals surface area contributed by atoms with Crippen LogP contribution in [-0.2, 0) is 0 Å². The normalized spacial score (nSPS) is 10.6. The van der Waals surface area contributed by atoms with Gasteiger partial charge in [0.2, 0.25) is 0 Å². The zero-order valence-corrected chi connectivity index (χ0v) is 14.7. The molecule has 0 bridgehead atoms. The van der Waals surface area contributed by atoms with Crippen LogP contribution in [0.3, 0.4) is 0 Å². The number of carbonyl (C=O) groups excluding carboxylic acids is 1. The SMILES string of the molecule is CCCOc1ccccc1NC(=O)c1cnn(-c2ccccc2F)c1C. The third-order valence-corrected chi connectivity index (χ3v) is 3.93. The van der Waals surface area contributed by atoms with E-state index in [0.717, 1.165) is 6.42 Å². The maximum Gasteiger partial charge on any atom is 0.259 e. The van der Waals surface area contributed by atoms with E-state index >= 15 is 0 Å². The monoisotopic (exact) mass is 353 g/mol. The molecule has 0 saturated carbocycles. The second-order valence-electron chi connectivity index (χ2n) is 5.81. The van der Waals surface area contributed by atoms with Crippen molar-refractivity contribution < 1.29 is 13.9 Å². The predicted octanol–water partition coefficient (Wildman–Crippen LogP) is 4.36. The van der Waals surface area contributed by atoms with Crippen molar-refractivity contribution in [3.63, 3.8) is 0 Å². The van der Waals surface area contributed by atoms with E-state index in [4.69, 9.17) is 4.74 Å². The number of rotatable bonds is 6. The average molecular weight is 353 g/mol. The highest BCUT2D eigenvalue weighted by Crippen LogP contribution is 2.25. The number of carbonyl (C=O) groups is 1. The summed E-state index contributed by atoms with van der Waals surface area (Å²) in [6.07, 6.45) is 2.31. The van der Waals surface area contributed by atoms with Crippen LogP contribution in [0.5, 0.6) is 5.75 Å². The number of anilines is 1. The first-order valence-electron chi connectivity index (χ1n) is 8.44. The van der Waals surface area contributed by atoms with E-state index in [1.165, 1.54) is 16.9 Å². The van der Waals surface area contributed by atoms with Crippen LogP contribution < -0.4 is 10.1 Å². The summed E-state index contributed by atoms with van der Waals surface area (Å²) < 4.78 is 21.1. The van der Waals surface area contributed by atoms with Gasteiger partial charge >= 0.3 is 0 Å². The zero-order valence-electron chi connectivity index (χ0n) is 14.7. The maximum absolute atomic E-state index is 14.0. The lowest BCUT2D eigenvalue weighted by molar-refractivity contribution is 0.102. The molecule has 6 heteroatoms. The van der Waals surface area contributed by atoms with Crippen molar-refractivity contribution in [2.24, 2.45) is 0 Å². The molecule has 0 fully saturated rings. The first kappa shape index (κ1) is 17.7. The third kappa shape index (κ3) is 3.59.